The van der Waals surface area contributed by atoms with E-state index in [1.807, 2.05) is 0 Å². The molecule has 3 heteroatoms. The first kappa shape index (κ1) is 9.71. The molecule has 0 saturated carbocycles. The van der Waals surface area contributed by atoms with Crippen molar-refractivity contribution >= 4 is 0 Å². The van der Waals surface area contributed by atoms with Crippen molar-refractivity contribution in [2.24, 2.45) is 0 Å². The van der Waals surface area contributed by atoms with Crippen molar-refractivity contribution in [1.29, 1.82) is 0 Å². The molecular formula is C9H16O3. The molecule has 0 aromatic rings. The summed E-state index contributed by atoms with van der Waals surface area (Å²) in [6.07, 6.45) is 2.12. The van der Waals surface area contributed by atoms with Gasteiger partial charge < -0.3 is 14.6 Å². The monoisotopic (exact) mass is 172 g/mol. The highest BCUT2D eigenvalue weighted by Crippen LogP contribution is 2.12. The van der Waals surface area contributed by atoms with E-state index in [2.05, 4.69) is 6.58 Å². The third-order valence-electron chi connectivity index (χ3n) is 1.84. The van der Waals surface area contributed by atoms with Crippen molar-refractivity contribution < 1.29 is 14.6 Å². The van der Waals surface area contributed by atoms with Gasteiger partial charge in [0.2, 0.25) is 0 Å². The lowest BCUT2D eigenvalue weighted by molar-refractivity contribution is -0.0319. The van der Waals surface area contributed by atoms with Crippen molar-refractivity contribution in [3.63, 3.8) is 0 Å². The number of hydrogen-bond acceptors (Lipinski definition) is 3. The first-order valence-electron chi connectivity index (χ1n) is 4.26. The van der Waals surface area contributed by atoms with Crippen molar-refractivity contribution in [2.75, 3.05) is 13.2 Å². The van der Waals surface area contributed by atoms with Crippen LogP contribution in [0.15, 0.2) is 12.7 Å². The molecule has 70 valence electrons. The Hall–Kier alpha value is -0.380. The highest BCUT2D eigenvalue weighted by atomic mass is 16.6. The second kappa shape index (κ2) is 4.60. The fourth-order valence-electron chi connectivity index (χ4n) is 0.964. The molecule has 0 spiro atoms. The fourth-order valence-corrected chi connectivity index (χ4v) is 0.964. The van der Waals surface area contributed by atoms with Gasteiger partial charge in [0.25, 0.3) is 0 Å². The van der Waals surface area contributed by atoms with Crippen LogP contribution in [0.3, 0.4) is 0 Å². The van der Waals surface area contributed by atoms with Gasteiger partial charge in [-0.05, 0) is 13.3 Å². The highest BCUT2D eigenvalue weighted by molar-refractivity contribution is 4.78. The van der Waals surface area contributed by atoms with Crippen molar-refractivity contribution in [1.82, 2.24) is 0 Å². The van der Waals surface area contributed by atoms with Gasteiger partial charge in [-0.3, -0.25) is 0 Å². The van der Waals surface area contributed by atoms with Gasteiger partial charge in [0.1, 0.15) is 6.10 Å². The van der Waals surface area contributed by atoms with Gasteiger partial charge in [-0.2, -0.15) is 0 Å². The molecule has 1 aliphatic heterocycles. The van der Waals surface area contributed by atoms with E-state index in [0.29, 0.717) is 13.0 Å². The summed E-state index contributed by atoms with van der Waals surface area (Å²) in [5.41, 5.74) is 0. The Labute approximate surface area is 73.0 Å². The van der Waals surface area contributed by atoms with Gasteiger partial charge in [-0.1, -0.05) is 6.08 Å². The van der Waals surface area contributed by atoms with Gasteiger partial charge in [-0.25, -0.2) is 0 Å². The maximum atomic E-state index is 9.26. The number of aliphatic hydroxyl groups excluding tert-OH is 1. The van der Waals surface area contributed by atoms with Gasteiger partial charge in [0.05, 0.1) is 25.4 Å². The molecule has 0 aromatic heterocycles. The van der Waals surface area contributed by atoms with Crippen molar-refractivity contribution in [3.8, 4) is 0 Å². The van der Waals surface area contributed by atoms with Gasteiger partial charge in [0.15, 0.2) is 0 Å². The Morgan fingerprint density at radius 2 is 2.50 bits per heavy atom. The quantitative estimate of drug-likeness (QED) is 0.474. The number of ether oxygens (including phenoxy) is 2. The van der Waals surface area contributed by atoms with Crippen LogP contribution in [0, 0.1) is 0 Å². The molecule has 0 bridgehead atoms. The van der Waals surface area contributed by atoms with Gasteiger partial charge in [-0.15, -0.1) is 6.58 Å². The molecule has 12 heavy (non-hydrogen) atoms. The molecule has 1 rings (SSSR count). The van der Waals surface area contributed by atoms with Crippen LogP contribution < -0.4 is 0 Å². The predicted molar refractivity (Wildman–Crippen MR) is 46.0 cm³/mol. The van der Waals surface area contributed by atoms with Crippen molar-refractivity contribution in [3.05, 3.63) is 12.7 Å². The number of hydrogen-bond donors (Lipinski definition) is 1. The number of aliphatic hydroxyl groups is 1. The molecule has 1 aliphatic rings. The lowest BCUT2D eigenvalue weighted by Gasteiger charge is -2.18. The summed E-state index contributed by atoms with van der Waals surface area (Å²) in [7, 11) is 0. The normalized spacial score (nSPS) is 26.3. The lowest BCUT2D eigenvalue weighted by Crippen LogP contribution is -2.27. The molecule has 0 amide bonds. The Balaban J connectivity index is 2.15. The maximum absolute atomic E-state index is 9.26. The Kier molecular flexibility index (Phi) is 3.72. The molecule has 0 aliphatic carbocycles. The second-order valence-corrected chi connectivity index (χ2v) is 3.09. The molecule has 1 saturated heterocycles. The summed E-state index contributed by atoms with van der Waals surface area (Å²) >= 11 is 0. The second-order valence-electron chi connectivity index (χ2n) is 3.09. The van der Waals surface area contributed by atoms with Crippen LogP contribution >= 0.6 is 0 Å². The van der Waals surface area contributed by atoms with E-state index >= 15 is 0 Å². The zero-order valence-corrected chi connectivity index (χ0v) is 7.40. The molecule has 1 fully saturated rings. The molecule has 1 heterocycles. The van der Waals surface area contributed by atoms with E-state index < -0.39 is 6.10 Å². The lowest BCUT2D eigenvalue weighted by atomic mass is 10.1. The summed E-state index contributed by atoms with van der Waals surface area (Å²) in [5.74, 6) is 0. The van der Waals surface area contributed by atoms with E-state index in [1.165, 1.54) is 0 Å². The van der Waals surface area contributed by atoms with E-state index in [0.717, 1.165) is 6.61 Å². The van der Waals surface area contributed by atoms with Gasteiger partial charge >= 0.3 is 0 Å². The fraction of sp³-hybridized carbons (Fsp3) is 0.778. The van der Waals surface area contributed by atoms with E-state index in [1.54, 1.807) is 13.0 Å². The van der Waals surface area contributed by atoms with Crippen LogP contribution in [0.5, 0.6) is 0 Å². The third-order valence-corrected chi connectivity index (χ3v) is 1.84. The summed E-state index contributed by atoms with van der Waals surface area (Å²) in [5, 5.41) is 9.26. The summed E-state index contributed by atoms with van der Waals surface area (Å²) in [6.45, 7) is 6.71. The van der Waals surface area contributed by atoms with Crippen LogP contribution in [-0.4, -0.2) is 36.6 Å². The standard InChI is InChI=1S/C9H16O3/c1-3-4-9(7(2)10)12-6-8-5-11-8/h3,7-10H,1,4-6H2,2H3. The topological polar surface area (TPSA) is 42.0 Å². The number of rotatable bonds is 6. The minimum Gasteiger partial charge on any atom is -0.391 e. The smallest absolute Gasteiger partial charge is 0.104 e. The summed E-state index contributed by atoms with van der Waals surface area (Å²) < 4.78 is 10.4. The van der Waals surface area contributed by atoms with E-state index in [4.69, 9.17) is 9.47 Å². The molecule has 0 aromatic carbocycles. The molecule has 3 atom stereocenters. The summed E-state index contributed by atoms with van der Waals surface area (Å²) in [4.78, 5) is 0. The maximum Gasteiger partial charge on any atom is 0.104 e. The molecule has 1 N–H and O–H groups in total. The highest BCUT2D eigenvalue weighted by Gasteiger charge is 2.25. The SMILES string of the molecule is C=CCC(OCC1CO1)C(C)O. The molecular weight excluding hydrogens is 156 g/mol. The minimum absolute atomic E-state index is 0.133. The summed E-state index contributed by atoms with van der Waals surface area (Å²) in [6, 6.07) is 0. The average molecular weight is 172 g/mol. The van der Waals surface area contributed by atoms with Crippen LogP contribution in [0.2, 0.25) is 0 Å². The predicted octanol–water partition coefficient (Wildman–Crippen LogP) is 0.727. The average Bonchev–Trinajstić information content (AvgIpc) is 2.80. The first-order valence-corrected chi connectivity index (χ1v) is 4.26. The largest absolute Gasteiger partial charge is 0.391 e. The van der Waals surface area contributed by atoms with Gasteiger partial charge in [0, 0.05) is 0 Å². The van der Waals surface area contributed by atoms with Crippen LogP contribution in [0.1, 0.15) is 13.3 Å². The van der Waals surface area contributed by atoms with Crippen molar-refractivity contribution in [2.45, 2.75) is 31.7 Å². The Bertz CT molecular complexity index is 141. The molecule has 0 radical (unpaired) electrons. The Morgan fingerprint density at radius 3 is 2.92 bits per heavy atom. The molecule has 3 unspecified atom stereocenters. The molecule has 3 nitrogen and oxygen atoms in total. The van der Waals surface area contributed by atoms with E-state index in [9.17, 15) is 5.11 Å². The zero-order valence-electron chi connectivity index (χ0n) is 7.40. The zero-order chi connectivity index (χ0) is 8.97. The Morgan fingerprint density at radius 1 is 1.83 bits per heavy atom. The number of epoxide rings is 1. The van der Waals surface area contributed by atoms with Crippen LogP contribution in [0.4, 0.5) is 0 Å². The third kappa shape index (κ3) is 3.34. The van der Waals surface area contributed by atoms with E-state index in [-0.39, 0.29) is 12.2 Å². The minimum atomic E-state index is -0.443. The van der Waals surface area contributed by atoms with Crippen LogP contribution in [-0.2, 0) is 9.47 Å². The van der Waals surface area contributed by atoms with Crippen LogP contribution in [0.25, 0.3) is 0 Å². The first-order chi connectivity index (χ1) is 5.74.